The summed E-state index contributed by atoms with van der Waals surface area (Å²) in [5.41, 5.74) is 7.96. The van der Waals surface area contributed by atoms with Gasteiger partial charge in [-0.25, -0.2) is 18.7 Å². The van der Waals surface area contributed by atoms with E-state index in [1.54, 1.807) is 30.5 Å². The Labute approximate surface area is 183 Å². The molecule has 4 aromatic rings. The number of halogens is 3. The second kappa shape index (κ2) is 9.36. The van der Waals surface area contributed by atoms with Crippen LogP contribution >= 0.6 is 11.6 Å². The molecular weight excluding hydrogens is 422 g/mol. The van der Waals surface area contributed by atoms with Crippen molar-refractivity contribution in [3.05, 3.63) is 70.9 Å². The first-order chi connectivity index (χ1) is 15.1. The molecule has 4 rings (SSSR count). The highest BCUT2D eigenvalue weighted by Gasteiger charge is 2.17. The van der Waals surface area contributed by atoms with Gasteiger partial charge in [0.2, 0.25) is 5.95 Å². The van der Waals surface area contributed by atoms with Gasteiger partial charge in [0.15, 0.2) is 5.65 Å². The van der Waals surface area contributed by atoms with Crippen LogP contribution in [0.25, 0.3) is 22.6 Å². The molecule has 31 heavy (non-hydrogen) atoms. The van der Waals surface area contributed by atoms with Crippen LogP contribution < -0.4 is 11.1 Å². The van der Waals surface area contributed by atoms with E-state index in [1.165, 1.54) is 18.2 Å². The van der Waals surface area contributed by atoms with Crippen LogP contribution in [0.4, 0.5) is 14.7 Å². The number of nitrogens with zero attached hydrogens (tertiary/aromatic N) is 4. The van der Waals surface area contributed by atoms with Crippen LogP contribution in [-0.4, -0.2) is 26.1 Å². The second-order valence-electron chi connectivity index (χ2n) is 7.05. The van der Waals surface area contributed by atoms with Crippen LogP contribution in [-0.2, 0) is 13.1 Å². The summed E-state index contributed by atoms with van der Waals surface area (Å²) in [4.78, 5) is 13.5. The molecule has 2 aromatic heterocycles. The standard InChI is InChI=1S/C22H21ClF2N6/c23-17-11-15(24)7-8-16(17)20-29-19-13-28-22(27-12-14-5-1-2-6-18(14)25)30-21(19)31(20)10-4-3-9-26/h1-2,5-8,11,13H,3-4,9-10,12,26H2,(H,27,28,30). The fourth-order valence-electron chi connectivity index (χ4n) is 3.32. The minimum atomic E-state index is -0.418. The summed E-state index contributed by atoms with van der Waals surface area (Å²) in [5.74, 6) is 0.222. The van der Waals surface area contributed by atoms with Gasteiger partial charge in [0, 0.05) is 24.2 Å². The van der Waals surface area contributed by atoms with Crippen LogP contribution in [0.2, 0.25) is 5.02 Å². The summed E-state index contributed by atoms with van der Waals surface area (Å²) >= 11 is 6.29. The minimum absolute atomic E-state index is 0.246. The van der Waals surface area contributed by atoms with E-state index < -0.39 is 5.82 Å². The number of fused-ring (bicyclic) bond motifs is 1. The third-order valence-corrected chi connectivity index (χ3v) is 5.20. The highest BCUT2D eigenvalue weighted by Crippen LogP contribution is 2.31. The summed E-state index contributed by atoms with van der Waals surface area (Å²) in [6.45, 7) is 1.43. The third-order valence-electron chi connectivity index (χ3n) is 4.89. The number of nitrogens with two attached hydrogens (primary N) is 1. The van der Waals surface area contributed by atoms with E-state index in [9.17, 15) is 8.78 Å². The Kier molecular flexibility index (Phi) is 6.39. The first-order valence-electron chi connectivity index (χ1n) is 9.93. The molecule has 3 N–H and O–H groups in total. The van der Waals surface area contributed by atoms with Gasteiger partial charge in [0.05, 0.1) is 11.2 Å². The van der Waals surface area contributed by atoms with Crippen LogP contribution in [0.5, 0.6) is 0 Å². The molecule has 0 bridgehead atoms. The lowest BCUT2D eigenvalue weighted by molar-refractivity contribution is 0.612. The smallest absolute Gasteiger partial charge is 0.225 e. The maximum atomic E-state index is 13.9. The van der Waals surface area contributed by atoms with Crippen LogP contribution in [0, 0.1) is 11.6 Å². The van der Waals surface area contributed by atoms with E-state index in [-0.39, 0.29) is 17.4 Å². The average molecular weight is 443 g/mol. The Balaban J connectivity index is 1.71. The van der Waals surface area contributed by atoms with Crippen molar-refractivity contribution in [2.24, 2.45) is 5.73 Å². The number of hydrogen-bond acceptors (Lipinski definition) is 5. The predicted molar refractivity (Wildman–Crippen MR) is 118 cm³/mol. The van der Waals surface area contributed by atoms with E-state index in [1.807, 2.05) is 4.57 Å². The third kappa shape index (κ3) is 4.65. The van der Waals surface area contributed by atoms with E-state index in [4.69, 9.17) is 17.3 Å². The van der Waals surface area contributed by atoms with Crippen molar-refractivity contribution in [3.8, 4) is 11.4 Å². The average Bonchev–Trinajstić information content (AvgIpc) is 3.11. The molecule has 0 aliphatic carbocycles. The molecule has 0 aliphatic rings. The van der Waals surface area contributed by atoms with Crippen molar-refractivity contribution < 1.29 is 8.78 Å². The summed E-state index contributed by atoms with van der Waals surface area (Å²) < 4.78 is 29.4. The maximum absolute atomic E-state index is 13.9. The van der Waals surface area contributed by atoms with Gasteiger partial charge in [-0.2, -0.15) is 4.98 Å². The molecule has 0 aliphatic heterocycles. The molecule has 160 valence electrons. The zero-order chi connectivity index (χ0) is 21.8. The zero-order valence-electron chi connectivity index (χ0n) is 16.7. The molecule has 0 spiro atoms. The first kappa shape index (κ1) is 21.1. The van der Waals surface area contributed by atoms with E-state index in [0.29, 0.717) is 47.2 Å². The van der Waals surface area contributed by atoms with Gasteiger partial charge >= 0.3 is 0 Å². The zero-order valence-corrected chi connectivity index (χ0v) is 17.4. The number of unbranched alkanes of at least 4 members (excludes halogenated alkanes) is 1. The SMILES string of the molecule is NCCCCn1c(-c2ccc(F)cc2Cl)nc2cnc(NCc3ccccc3F)nc21. The van der Waals surface area contributed by atoms with Gasteiger partial charge in [-0.15, -0.1) is 0 Å². The largest absolute Gasteiger partial charge is 0.350 e. The quantitative estimate of drug-likeness (QED) is 0.384. The fraction of sp³-hybridized carbons (Fsp3) is 0.227. The van der Waals surface area contributed by atoms with Crippen molar-refractivity contribution >= 4 is 28.7 Å². The van der Waals surface area contributed by atoms with Gasteiger partial charge < -0.3 is 15.6 Å². The van der Waals surface area contributed by atoms with Gasteiger partial charge in [-0.05, 0) is 43.7 Å². The molecule has 0 saturated heterocycles. The lowest BCUT2D eigenvalue weighted by Gasteiger charge is -2.10. The lowest BCUT2D eigenvalue weighted by atomic mass is 10.2. The van der Waals surface area contributed by atoms with Crippen molar-refractivity contribution in [1.82, 2.24) is 19.5 Å². The van der Waals surface area contributed by atoms with Crippen LogP contribution in [0.1, 0.15) is 18.4 Å². The Morgan fingerprint density at radius 2 is 1.90 bits per heavy atom. The molecule has 9 heteroatoms. The van der Waals surface area contributed by atoms with Crippen molar-refractivity contribution in [3.63, 3.8) is 0 Å². The Bertz CT molecular complexity index is 1210. The normalized spacial score (nSPS) is 11.2. The summed E-state index contributed by atoms with van der Waals surface area (Å²) in [7, 11) is 0. The van der Waals surface area contributed by atoms with Gasteiger partial charge in [0.25, 0.3) is 0 Å². The van der Waals surface area contributed by atoms with Crippen molar-refractivity contribution in [1.29, 1.82) is 0 Å². The number of rotatable bonds is 8. The highest BCUT2D eigenvalue weighted by molar-refractivity contribution is 6.33. The number of nitrogens with one attached hydrogen (secondary N) is 1. The van der Waals surface area contributed by atoms with Crippen LogP contribution in [0.15, 0.2) is 48.7 Å². The topological polar surface area (TPSA) is 81.7 Å². The summed E-state index contributed by atoms with van der Waals surface area (Å²) in [6.07, 6.45) is 3.25. The summed E-state index contributed by atoms with van der Waals surface area (Å²) in [6, 6.07) is 10.7. The monoisotopic (exact) mass is 442 g/mol. The van der Waals surface area contributed by atoms with E-state index in [0.717, 1.165) is 12.8 Å². The number of aryl methyl sites for hydroxylation is 1. The molecule has 2 aromatic carbocycles. The Morgan fingerprint density at radius 3 is 2.68 bits per heavy atom. The van der Waals surface area contributed by atoms with Crippen molar-refractivity contribution in [2.75, 3.05) is 11.9 Å². The van der Waals surface area contributed by atoms with E-state index in [2.05, 4.69) is 20.3 Å². The number of anilines is 1. The predicted octanol–water partition coefficient (Wildman–Crippen LogP) is 4.78. The van der Waals surface area contributed by atoms with E-state index >= 15 is 0 Å². The fourth-order valence-corrected chi connectivity index (χ4v) is 3.57. The molecule has 0 radical (unpaired) electrons. The van der Waals surface area contributed by atoms with Crippen LogP contribution in [0.3, 0.4) is 0 Å². The van der Waals surface area contributed by atoms with Gasteiger partial charge in [-0.3, -0.25) is 0 Å². The molecule has 0 amide bonds. The molecular formula is C22H21ClF2N6. The number of hydrogen-bond donors (Lipinski definition) is 2. The molecule has 2 heterocycles. The number of benzene rings is 2. The number of imidazole rings is 1. The maximum Gasteiger partial charge on any atom is 0.225 e. The Hall–Kier alpha value is -3.10. The minimum Gasteiger partial charge on any atom is -0.350 e. The first-order valence-corrected chi connectivity index (χ1v) is 10.3. The number of aromatic nitrogens is 4. The molecule has 0 atom stereocenters. The second-order valence-corrected chi connectivity index (χ2v) is 7.46. The van der Waals surface area contributed by atoms with Crippen molar-refractivity contribution in [2.45, 2.75) is 25.9 Å². The van der Waals surface area contributed by atoms with Gasteiger partial charge in [-0.1, -0.05) is 29.8 Å². The van der Waals surface area contributed by atoms with Gasteiger partial charge in [0.1, 0.15) is 23.0 Å². The summed E-state index contributed by atoms with van der Waals surface area (Å²) in [5, 5.41) is 3.32. The molecule has 0 saturated carbocycles. The lowest BCUT2D eigenvalue weighted by Crippen LogP contribution is -2.08. The molecule has 6 nitrogen and oxygen atoms in total. The Morgan fingerprint density at radius 1 is 1.06 bits per heavy atom. The highest BCUT2D eigenvalue weighted by atomic mass is 35.5. The molecule has 0 fully saturated rings. The molecule has 0 unspecified atom stereocenters.